The summed E-state index contributed by atoms with van der Waals surface area (Å²) in [5.74, 6) is 1.81. The molecule has 0 N–H and O–H groups in total. The van der Waals surface area contributed by atoms with Crippen molar-refractivity contribution in [1.29, 1.82) is 0 Å². The van der Waals surface area contributed by atoms with Crippen molar-refractivity contribution >= 4 is 54.4 Å². The molecule has 10 aromatic rings. The number of pyridine rings is 1. The van der Waals surface area contributed by atoms with Crippen molar-refractivity contribution in [3.8, 4) is 45.3 Å². The van der Waals surface area contributed by atoms with Crippen molar-refractivity contribution in [2.45, 2.75) is 0 Å². The lowest BCUT2D eigenvalue weighted by molar-refractivity contribution is 0.669. The van der Waals surface area contributed by atoms with Gasteiger partial charge in [0, 0.05) is 44.4 Å². The average Bonchev–Trinajstić information content (AvgIpc) is 3.57. The largest absolute Gasteiger partial charge is 0.456 e. The van der Waals surface area contributed by atoms with Crippen LogP contribution >= 0.6 is 0 Å². The maximum Gasteiger partial charge on any atom is 0.164 e. The van der Waals surface area contributed by atoms with Crippen LogP contribution in [0.25, 0.3) is 99.7 Å². The molecule has 0 aliphatic rings. The Kier molecular flexibility index (Phi) is 6.11. The smallest absolute Gasteiger partial charge is 0.164 e. The number of aromatic nitrogens is 4. The molecule has 0 aliphatic carbocycles. The zero-order valence-electron chi connectivity index (χ0n) is 26.2. The summed E-state index contributed by atoms with van der Waals surface area (Å²) in [7, 11) is 0. The van der Waals surface area contributed by atoms with Gasteiger partial charge in [-0.25, -0.2) is 15.0 Å². The van der Waals surface area contributed by atoms with Crippen LogP contribution in [0.4, 0.5) is 0 Å². The van der Waals surface area contributed by atoms with Gasteiger partial charge in [-0.2, -0.15) is 0 Å². The van der Waals surface area contributed by atoms with Crippen LogP contribution in [0.1, 0.15) is 0 Å². The van der Waals surface area contributed by atoms with Gasteiger partial charge in [0.1, 0.15) is 11.2 Å². The van der Waals surface area contributed by atoms with Crippen LogP contribution in [0, 0.1) is 0 Å². The molecular weight excluding hydrogens is 601 g/mol. The van der Waals surface area contributed by atoms with E-state index in [2.05, 4.69) is 109 Å². The van der Waals surface area contributed by atoms with E-state index in [0.29, 0.717) is 17.5 Å². The highest BCUT2D eigenvalue weighted by atomic mass is 16.3. The zero-order chi connectivity index (χ0) is 32.3. The molecule has 3 aromatic heterocycles. The minimum absolute atomic E-state index is 0.594. The molecule has 5 heteroatoms. The molecule has 0 fully saturated rings. The number of hydrogen-bond acceptors (Lipinski definition) is 5. The van der Waals surface area contributed by atoms with Gasteiger partial charge in [0.05, 0.1) is 5.52 Å². The summed E-state index contributed by atoms with van der Waals surface area (Å²) in [6.45, 7) is 0. The minimum atomic E-state index is 0.594. The van der Waals surface area contributed by atoms with Crippen molar-refractivity contribution < 1.29 is 4.42 Å². The fourth-order valence-corrected chi connectivity index (χ4v) is 7.01. The van der Waals surface area contributed by atoms with Crippen molar-refractivity contribution in [3.63, 3.8) is 0 Å². The highest BCUT2D eigenvalue weighted by molar-refractivity contribution is 6.19. The van der Waals surface area contributed by atoms with Crippen LogP contribution < -0.4 is 0 Å². The van der Waals surface area contributed by atoms with Gasteiger partial charge < -0.3 is 4.42 Å². The molecule has 0 spiro atoms. The molecule has 0 bridgehead atoms. The van der Waals surface area contributed by atoms with Crippen LogP contribution in [-0.2, 0) is 0 Å². The summed E-state index contributed by atoms with van der Waals surface area (Å²) in [6, 6.07) is 52.1. The van der Waals surface area contributed by atoms with Gasteiger partial charge in [-0.3, -0.25) is 4.98 Å². The fraction of sp³-hybridized carbons (Fsp3) is 0. The first-order valence-electron chi connectivity index (χ1n) is 16.3. The molecule has 0 radical (unpaired) electrons. The predicted molar refractivity (Wildman–Crippen MR) is 199 cm³/mol. The molecule has 5 nitrogen and oxygen atoms in total. The summed E-state index contributed by atoms with van der Waals surface area (Å²) >= 11 is 0. The van der Waals surface area contributed by atoms with E-state index in [1.54, 1.807) is 0 Å². The summed E-state index contributed by atoms with van der Waals surface area (Å²) in [4.78, 5) is 20.2. The first kappa shape index (κ1) is 27.4. The van der Waals surface area contributed by atoms with Crippen LogP contribution in [-0.4, -0.2) is 19.9 Å². The number of para-hydroxylation sites is 1. The molecule has 0 atom stereocenters. The van der Waals surface area contributed by atoms with E-state index in [1.165, 1.54) is 0 Å². The van der Waals surface area contributed by atoms with E-state index in [0.717, 1.165) is 82.2 Å². The number of fused-ring (bicyclic) bond motifs is 8. The first-order valence-corrected chi connectivity index (χ1v) is 16.3. The van der Waals surface area contributed by atoms with Gasteiger partial charge in [-0.15, -0.1) is 0 Å². The molecule has 10 rings (SSSR count). The molecular formula is C44H26N4O. The molecule has 3 heterocycles. The van der Waals surface area contributed by atoms with Crippen LogP contribution in [0.15, 0.2) is 162 Å². The van der Waals surface area contributed by atoms with Crippen LogP contribution in [0.2, 0.25) is 0 Å². The lowest BCUT2D eigenvalue weighted by Crippen LogP contribution is -2.00. The van der Waals surface area contributed by atoms with Crippen LogP contribution in [0.5, 0.6) is 0 Å². The topological polar surface area (TPSA) is 64.7 Å². The molecule has 228 valence electrons. The Bertz CT molecular complexity index is 2890. The van der Waals surface area contributed by atoms with Crippen molar-refractivity contribution in [2.24, 2.45) is 0 Å². The Hall–Kier alpha value is -6.72. The molecule has 49 heavy (non-hydrogen) atoms. The molecule has 0 unspecified atom stereocenters. The number of hydrogen-bond donors (Lipinski definition) is 0. The van der Waals surface area contributed by atoms with Crippen molar-refractivity contribution in [2.75, 3.05) is 0 Å². The normalized spacial score (nSPS) is 11.7. The van der Waals surface area contributed by atoms with Crippen LogP contribution in [0.3, 0.4) is 0 Å². The highest BCUT2D eigenvalue weighted by Gasteiger charge is 2.18. The third kappa shape index (κ3) is 4.55. The van der Waals surface area contributed by atoms with Gasteiger partial charge >= 0.3 is 0 Å². The van der Waals surface area contributed by atoms with Gasteiger partial charge in [0.2, 0.25) is 0 Å². The van der Waals surface area contributed by atoms with E-state index in [4.69, 9.17) is 24.4 Å². The Morgan fingerprint density at radius 2 is 1.08 bits per heavy atom. The predicted octanol–water partition coefficient (Wildman–Crippen LogP) is 11.3. The molecule has 0 aliphatic heterocycles. The standard InChI is InChI=1S/C44H26N4O/c1-2-9-27(10-3-1)30-11-6-12-32(25-30)42-46-43(48-44(47-42)36-15-7-17-38-40(36)35-14-4-5-16-37(35)49-38)33-22-23-34-31(26-33)21-19-28-18-20-29-13-8-24-45-41(29)39(28)34/h1-26H. The third-order valence-corrected chi connectivity index (χ3v) is 9.34. The fourth-order valence-electron chi connectivity index (χ4n) is 7.01. The molecule has 0 amide bonds. The number of benzene rings is 7. The number of rotatable bonds is 4. The second kappa shape index (κ2) is 10.9. The monoisotopic (exact) mass is 626 g/mol. The van der Waals surface area contributed by atoms with E-state index >= 15 is 0 Å². The summed E-state index contributed by atoms with van der Waals surface area (Å²) in [5, 5.41) is 7.69. The lowest BCUT2D eigenvalue weighted by Gasteiger charge is -2.12. The van der Waals surface area contributed by atoms with Gasteiger partial charge in [0.25, 0.3) is 0 Å². The Morgan fingerprint density at radius 3 is 1.98 bits per heavy atom. The minimum Gasteiger partial charge on any atom is -0.456 e. The lowest BCUT2D eigenvalue weighted by atomic mass is 9.97. The third-order valence-electron chi connectivity index (χ3n) is 9.34. The molecule has 0 saturated heterocycles. The Labute approximate surface area is 281 Å². The second-order valence-corrected chi connectivity index (χ2v) is 12.3. The zero-order valence-corrected chi connectivity index (χ0v) is 26.2. The van der Waals surface area contributed by atoms with E-state index in [1.807, 2.05) is 48.7 Å². The average molecular weight is 627 g/mol. The first-order chi connectivity index (χ1) is 24.3. The van der Waals surface area contributed by atoms with Gasteiger partial charge in [-0.05, 0) is 57.6 Å². The highest BCUT2D eigenvalue weighted by Crippen LogP contribution is 2.38. The van der Waals surface area contributed by atoms with E-state index in [-0.39, 0.29) is 0 Å². The van der Waals surface area contributed by atoms with E-state index < -0.39 is 0 Å². The maximum atomic E-state index is 6.25. The maximum absolute atomic E-state index is 6.25. The van der Waals surface area contributed by atoms with Gasteiger partial charge in [0.15, 0.2) is 17.5 Å². The quantitative estimate of drug-likeness (QED) is 0.182. The summed E-state index contributed by atoms with van der Waals surface area (Å²) in [5.41, 5.74) is 7.59. The van der Waals surface area contributed by atoms with E-state index in [9.17, 15) is 0 Å². The summed E-state index contributed by atoms with van der Waals surface area (Å²) < 4.78 is 6.25. The van der Waals surface area contributed by atoms with Crippen molar-refractivity contribution in [1.82, 2.24) is 19.9 Å². The SMILES string of the molecule is c1ccc(-c2cccc(-c3nc(-c4ccc5c(ccc6ccc7cccnc7c65)c4)nc(-c4cccc5oc6ccccc6c45)n3)c2)cc1. The van der Waals surface area contributed by atoms with Crippen molar-refractivity contribution in [3.05, 3.63) is 158 Å². The number of nitrogens with zero attached hydrogens (tertiary/aromatic N) is 4. The Morgan fingerprint density at radius 1 is 0.388 bits per heavy atom. The van der Waals surface area contributed by atoms with Gasteiger partial charge in [-0.1, -0.05) is 121 Å². The second-order valence-electron chi connectivity index (χ2n) is 12.3. The Balaban J connectivity index is 1.21. The molecule has 0 saturated carbocycles. The summed E-state index contributed by atoms with van der Waals surface area (Å²) in [6.07, 6.45) is 1.86. The number of furan rings is 1. The molecule has 7 aromatic carbocycles.